The van der Waals surface area contributed by atoms with Crippen LogP contribution in [0.25, 0.3) is 0 Å². The van der Waals surface area contributed by atoms with Gasteiger partial charge in [0.15, 0.2) is 0 Å². The summed E-state index contributed by atoms with van der Waals surface area (Å²) >= 11 is 0. The fourth-order valence-electron chi connectivity index (χ4n) is 1.06. The van der Waals surface area contributed by atoms with Gasteiger partial charge in [-0.05, 0) is 30.8 Å². The first-order valence-electron chi connectivity index (χ1n) is 5.87. The van der Waals surface area contributed by atoms with Crippen molar-refractivity contribution in [3.8, 4) is 23.7 Å². The average Bonchev–Trinajstić information content (AvgIpc) is 2.34. The Kier molecular flexibility index (Phi) is 10.1. The molecule has 2 atom stereocenters. The van der Waals surface area contributed by atoms with Crippen LogP contribution >= 0.6 is 0 Å². The maximum atomic E-state index is 9.42. The lowest BCUT2D eigenvalue weighted by molar-refractivity contribution is 0.280. The van der Waals surface area contributed by atoms with Gasteiger partial charge in [0.05, 0.1) is 0 Å². The van der Waals surface area contributed by atoms with Crippen molar-refractivity contribution in [3.63, 3.8) is 0 Å². The van der Waals surface area contributed by atoms with Gasteiger partial charge in [-0.3, -0.25) is 0 Å². The van der Waals surface area contributed by atoms with E-state index in [1.54, 1.807) is 6.08 Å². The molecule has 17 heavy (non-hydrogen) atoms. The van der Waals surface area contributed by atoms with Crippen LogP contribution < -0.4 is 0 Å². The van der Waals surface area contributed by atoms with Gasteiger partial charge in [-0.25, -0.2) is 0 Å². The molecule has 2 N–H and O–H groups in total. The van der Waals surface area contributed by atoms with Crippen molar-refractivity contribution < 1.29 is 10.2 Å². The second-order valence-electron chi connectivity index (χ2n) is 3.59. The van der Waals surface area contributed by atoms with Crippen molar-refractivity contribution in [2.24, 2.45) is 0 Å². The summed E-state index contributed by atoms with van der Waals surface area (Å²) in [4.78, 5) is 0. The van der Waals surface area contributed by atoms with Crippen LogP contribution in [0.2, 0.25) is 0 Å². The van der Waals surface area contributed by atoms with Crippen molar-refractivity contribution in [1.82, 2.24) is 0 Å². The van der Waals surface area contributed by atoms with Gasteiger partial charge in [0.1, 0.15) is 12.2 Å². The minimum absolute atomic E-state index is 0.785. The maximum absolute atomic E-state index is 9.42. The van der Waals surface area contributed by atoms with E-state index in [-0.39, 0.29) is 0 Å². The highest BCUT2D eigenvalue weighted by Gasteiger charge is 1.89. The van der Waals surface area contributed by atoms with Gasteiger partial charge in [0.25, 0.3) is 0 Å². The second kappa shape index (κ2) is 11.0. The van der Waals surface area contributed by atoms with Gasteiger partial charge in [0, 0.05) is 0 Å². The molecule has 0 heterocycles. The van der Waals surface area contributed by atoms with Crippen LogP contribution in [0.5, 0.6) is 0 Å². The van der Waals surface area contributed by atoms with Gasteiger partial charge in [0.2, 0.25) is 0 Å². The van der Waals surface area contributed by atoms with Gasteiger partial charge in [-0.2, -0.15) is 0 Å². The molecule has 0 aliphatic carbocycles. The molecule has 0 unspecified atom stereocenters. The fourth-order valence-corrected chi connectivity index (χ4v) is 1.06. The molecule has 0 spiro atoms. The van der Waals surface area contributed by atoms with Crippen LogP contribution in [-0.4, -0.2) is 22.4 Å². The molecule has 92 valence electrons. The highest BCUT2D eigenvalue weighted by Crippen LogP contribution is 2.00. The van der Waals surface area contributed by atoms with Crippen LogP contribution in [0.1, 0.15) is 32.6 Å². The molecule has 0 aromatic carbocycles. The van der Waals surface area contributed by atoms with Crippen LogP contribution in [-0.2, 0) is 0 Å². The zero-order chi connectivity index (χ0) is 12.9. The first-order valence-corrected chi connectivity index (χ1v) is 5.87. The van der Waals surface area contributed by atoms with E-state index in [0.29, 0.717) is 0 Å². The lowest BCUT2D eigenvalue weighted by Crippen LogP contribution is -1.97. The summed E-state index contributed by atoms with van der Waals surface area (Å²) in [6, 6.07) is 0. The summed E-state index contributed by atoms with van der Waals surface area (Å²) in [7, 11) is 0. The van der Waals surface area contributed by atoms with E-state index in [2.05, 4.69) is 37.2 Å². The summed E-state index contributed by atoms with van der Waals surface area (Å²) in [5.74, 6) is 9.94. The smallest absolute Gasteiger partial charge is 0.134 e. The van der Waals surface area contributed by atoms with E-state index in [1.807, 2.05) is 6.08 Å². The molecule has 2 heteroatoms. The summed E-state index contributed by atoms with van der Waals surface area (Å²) in [5.41, 5.74) is 0. The predicted octanol–water partition coefficient (Wildman–Crippen LogP) is 2.04. The first-order chi connectivity index (χ1) is 8.20. The number of hydrogen-bond donors (Lipinski definition) is 2. The van der Waals surface area contributed by atoms with Crippen LogP contribution in [0.15, 0.2) is 24.8 Å². The van der Waals surface area contributed by atoms with E-state index in [4.69, 9.17) is 5.11 Å². The molecule has 0 aliphatic heterocycles. The SMILES string of the molecule is C=C[C@H](O)C#CC#C[C@H](O)/C=C/CCCCC. The average molecular weight is 232 g/mol. The van der Waals surface area contributed by atoms with E-state index in [0.717, 1.165) is 12.8 Å². The second-order valence-corrected chi connectivity index (χ2v) is 3.59. The fraction of sp³-hybridized carbons (Fsp3) is 0.467. The van der Waals surface area contributed by atoms with Crippen LogP contribution in [0.3, 0.4) is 0 Å². The van der Waals surface area contributed by atoms with E-state index in [9.17, 15) is 5.11 Å². The molecule has 0 saturated carbocycles. The molecule has 0 bridgehead atoms. The Morgan fingerprint density at radius 1 is 1.12 bits per heavy atom. The molecular formula is C15H20O2. The first kappa shape index (κ1) is 15.5. The standard InChI is InChI=1S/C15H20O2/c1-3-5-6-7-8-12-15(17)13-10-9-11-14(16)4-2/h4,8,12,14-17H,2-3,5-7H2,1H3/b12-8+/t14-,15+/m0/s1. The van der Waals surface area contributed by atoms with Gasteiger partial charge >= 0.3 is 0 Å². The zero-order valence-corrected chi connectivity index (χ0v) is 10.3. The Morgan fingerprint density at radius 3 is 2.35 bits per heavy atom. The van der Waals surface area contributed by atoms with Crippen molar-refractivity contribution in [2.45, 2.75) is 44.8 Å². The normalized spacial score (nSPS) is 13.1. The third kappa shape index (κ3) is 10.8. The molecule has 0 amide bonds. The molecule has 0 aromatic heterocycles. The molecule has 0 fully saturated rings. The third-order valence-corrected chi connectivity index (χ3v) is 2.02. The maximum Gasteiger partial charge on any atom is 0.134 e. The van der Waals surface area contributed by atoms with Crippen molar-refractivity contribution in [2.75, 3.05) is 0 Å². The quantitative estimate of drug-likeness (QED) is 0.418. The predicted molar refractivity (Wildman–Crippen MR) is 71.0 cm³/mol. The largest absolute Gasteiger partial charge is 0.377 e. The highest BCUT2D eigenvalue weighted by atomic mass is 16.3. The van der Waals surface area contributed by atoms with Crippen molar-refractivity contribution in [1.29, 1.82) is 0 Å². The van der Waals surface area contributed by atoms with Crippen LogP contribution in [0.4, 0.5) is 0 Å². The Bertz CT molecular complexity index is 347. The van der Waals surface area contributed by atoms with Crippen molar-refractivity contribution in [3.05, 3.63) is 24.8 Å². The minimum Gasteiger partial charge on any atom is -0.377 e. The number of hydrogen-bond acceptors (Lipinski definition) is 2. The topological polar surface area (TPSA) is 40.5 Å². The van der Waals surface area contributed by atoms with Gasteiger partial charge in [-0.1, -0.05) is 50.3 Å². The van der Waals surface area contributed by atoms with Crippen LogP contribution in [0, 0.1) is 23.7 Å². The molecular weight excluding hydrogens is 212 g/mol. The zero-order valence-electron chi connectivity index (χ0n) is 10.3. The number of unbranched alkanes of at least 4 members (excludes halogenated alkanes) is 3. The van der Waals surface area contributed by atoms with E-state index in [1.165, 1.54) is 18.9 Å². The summed E-state index contributed by atoms with van der Waals surface area (Å²) in [6.07, 6.45) is 7.77. The lowest BCUT2D eigenvalue weighted by Gasteiger charge is -1.94. The molecule has 0 aromatic rings. The molecule has 2 nitrogen and oxygen atoms in total. The van der Waals surface area contributed by atoms with Gasteiger partial charge in [-0.15, -0.1) is 0 Å². The number of allylic oxidation sites excluding steroid dienone is 1. The number of rotatable bonds is 6. The number of aliphatic hydroxyl groups excluding tert-OH is 2. The van der Waals surface area contributed by atoms with E-state index < -0.39 is 12.2 Å². The van der Waals surface area contributed by atoms with Gasteiger partial charge < -0.3 is 10.2 Å². The lowest BCUT2D eigenvalue weighted by atomic mass is 10.2. The molecule has 0 saturated heterocycles. The third-order valence-electron chi connectivity index (χ3n) is 2.02. The minimum atomic E-state index is -0.856. The summed E-state index contributed by atoms with van der Waals surface area (Å²) in [6.45, 7) is 5.53. The molecule has 0 aliphatic rings. The Hall–Kier alpha value is -1.48. The van der Waals surface area contributed by atoms with E-state index >= 15 is 0 Å². The van der Waals surface area contributed by atoms with Crippen molar-refractivity contribution >= 4 is 0 Å². The number of aliphatic hydroxyl groups is 2. The summed E-state index contributed by atoms with van der Waals surface area (Å²) < 4.78 is 0. The summed E-state index contributed by atoms with van der Waals surface area (Å²) in [5, 5.41) is 18.4. The monoisotopic (exact) mass is 232 g/mol. The Morgan fingerprint density at radius 2 is 1.76 bits per heavy atom. The molecule has 0 rings (SSSR count). The molecule has 0 radical (unpaired) electrons. The Balaban J connectivity index is 3.91. The highest BCUT2D eigenvalue weighted by molar-refractivity contribution is 5.31. The Labute approximate surface area is 104 Å².